The molecule has 1 N–H and O–H groups in total. The van der Waals surface area contributed by atoms with Gasteiger partial charge in [-0.1, -0.05) is 0 Å². The summed E-state index contributed by atoms with van der Waals surface area (Å²) in [6, 6.07) is 0. The predicted octanol–water partition coefficient (Wildman–Crippen LogP) is 2.10. The number of hydrogen-bond donors (Lipinski definition) is 1. The minimum absolute atomic E-state index is 0.000579. The zero-order chi connectivity index (χ0) is 9.54. The Bertz CT molecular complexity index is 192. The van der Waals surface area contributed by atoms with Crippen LogP contribution in [-0.2, 0) is 4.74 Å². The Hall–Kier alpha value is -0.0800. The van der Waals surface area contributed by atoms with Gasteiger partial charge in [0.1, 0.15) is 0 Å². The van der Waals surface area contributed by atoms with Crippen LogP contribution >= 0.6 is 0 Å². The van der Waals surface area contributed by atoms with Gasteiger partial charge in [-0.15, -0.1) is 0 Å². The van der Waals surface area contributed by atoms with Crippen molar-refractivity contribution in [2.24, 2.45) is 11.8 Å². The van der Waals surface area contributed by atoms with Gasteiger partial charge in [-0.2, -0.15) is 0 Å². The average molecular weight is 196 g/mol. The van der Waals surface area contributed by atoms with Gasteiger partial charge >= 0.3 is 0 Å². The van der Waals surface area contributed by atoms with E-state index in [1.807, 2.05) is 0 Å². The number of aliphatic hydroxyl groups excluding tert-OH is 1. The first-order chi connectivity index (χ1) is 6.81. The molecule has 0 spiro atoms. The molecule has 0 radical (unpaired) electrons. The molecule has 0 aromatic heterocycles. The third kappa shape index (κ3) is 1.59. The van der Waals surface area contributed by atoms with Crippen molar-refractivity contribution >= 4 is 0 Å². The minimum Gasteiger partial charge on any atom is -0.393 e. The van der Waals surface area contributed by atoms with Gasteiger partial charge in [0.2, 0.25) is 0 Å². The maximum Gasteiger partial charge on any atom is 0.0606 e. The molecular formula is C12H20O2. The second-order valence-electron chi connectivity index (χ2n) is 5.42. The summed E-state index contributed by atoms with van der Waals surface area (Å²) in [6.07, 6.45) is 9.72. The summed E-state index contributed by atoms with van der Waals surface area (Å²) in [5.74, 6) is 1.81. The highest BCUT2D eigenvalue weighted by molar-refractivity contribution is 4.91. The summed E-state index contributed by atoms with van der Waals surface area (Å²) in [5, 5.41) is 9.46. The predicted molar refractivity (Wildman–Crippen MR) is 54.0 cm³/mol. The molecule has 0 aromatic rings. The normalized spacial score (nSPS) is 52.5. The SMILES string of the molecule is OC1CCC(C2CC3CC(C2)O3)CC1. The first kappa shape index (κ1) is 9.17. The van der Waals surface area contributed by atoms with Crippen molar-refractivity contribution in [1.82, 2.24) is 0 Å². The Morgan fingerprint density at radius 2 is 1.36 bits per heavy atom. The number of rotatable bonds is 1. The van der Waals surface area contributed by atoms with Crippen molar-refractivity contribution in [1.29, 1.82) is 0 Å². The Labute approximate surface area is 85.6 Å². The molecule has 2 saturated carbocycles. The van der Waals surface area contributed by atoms with Crippen molar-refractivity contribution in [3.05, 3.63) is 0 Å². The van der Waals surface area contributed by atoms with E-state index in [1.54, 1.807) is 0 Å². The standard InChI is InChI=1S/C12H20O2/c13-10-3-1-8(2-4-10)9-5-11-7-12(6-9)14-11/h8-13H,1-7H2. The van der Waals surface area contributed by atoms with Crippen molar-refractivity contribution < 1.29 is 9.84 Å². The molecule has 80 valence electrons. The van der Waals surface area contributed by atoms with Crippen LogP contribution in [0.3, 0.4) is 0 Å². The molecule has 2 nitrogen and oxygen atoms in total. The maximum atomic E-state index is 9.46. The second kappa shape index (κ2) is 3.49. The van der Waals surface area contributed by atoms with E-state index in [9.17, 15) is 5.11 Å². The summed E-state index contributed by atoms with van der Waals surface area (Å²) in [4.78, 5) is 0. The van der Waals surface area contributed by atoms with Crippen LogP contribution in [0.1, 0.15) is 44.9 Å². The first-order valence-electron chi connectivity index (χ1n) is 6.15. The van der Waals surface area contributed by atoms with Crippen LogP contribution in [0.2, 0.25) is 0 Å². The second-order valence-corrected chi connectivity index (χ2v) is 5.42. The number of aliphatic hydroxyl groups is 1. The minimum atomic E-state index is 0.000579. The van der Waals surface area contributed by atoms with Crippen LogP contribution < -0.4 is 0 Å². The molecular weight excluding hydrogens is 176 g/mol. The molecule has 2 heteroatoms. The molecule has 2 atom stereocenters. The molecule has 4 fully saturated rings. The van der Waals surface area contributed by atoms with Crippen molar-refractivity contribution in [2.45, 2.75) is 63.3 Å². The summed E-state index contributed by atoms with van der Waals surface area (Å²) in [7, 11) is 0. The zero-order valence-corrected chi connectivity index (χ0v) is 8.69. The van der Waals surface area contributed by atoms with E-state index in [0.29, 0.717) is 12.2 Å². The summed E-state index contributed by atoms with van der Waals surface area (Å²) < 4.78 is 5.67. The molecule has 2 unspecified atom stereocenters. The summed E-state index contributed by atoms with van der Waals surface area (Å²) in [5.41, 5.74) is 0. The molecule has 2 aliphatic heterocycles. The molecule has 2 heterocycles. The number of hydrogen-bond acceptors (Lipinski definition) is 2. The molecule has 0 aromatic carbocycles. The van der Waals surface area contributed by atoms with E-state index in [4.69, 9.17) is 4.74 Å². The fourth-order valence-corrected chi connectivity index (χ4v) is 3.59. The fraction of sp³-hybridized carbons (Fsp3) is 1.00. The van der Waals surface area contributed by atoms with Gasteiger partial charge in [-0.3, -0.25) is 0 Å². The fourth-order valence-electron chi connectivity index (χ4n) is 3.59. The lowest BCUT2D eigenvalue weighted by Crippen LogP contribution is -2.47. The van der Waals surface area contributed by atoms with Gasteiger partial charge in [0.05, 0.1) is 18.3 Å². The highest BCUT2D eigenvalue weighted by Gasteiger charge is 2.42. The number of ether oxygens (including phenoxy) is 1. The van der Waals surface area contributed by atoms with Gasteiger partial charge in [0.25, 0.3) is 0 Å². The van der Waals surface area contributed by atoms with Gasteiger partial charge in [-0.25, -0.2) is 0 Å². The van der Waals surface area contributed by atoms with Gasteiger partial charge in [-0.05, 0) is 56.8 Å². The van der Waals surface area contributed by atoms with Crippen LogP contribution in [-0.4, -0.2) is 23.4 Å². The Balaban J connectivity index is 1.55. The summed E-state index contributed by atoms with van der Waals surface area (Å²) in [6.45, 7) is 0. The lowest BCUT2D eigenvalue weighted by atomic mass is 9.69. The Kier molecular flexibility index (Phi) is 2.29. The van der Waals surface area contributed by atoms with E-state index in [0.717, 1.165) is 24.7 Å². The van der Waals surface area contributed by atoms with Gasteiger partial charge < -0.3 is 9.84 Å². The van der Waals surface area contributed by atoms with Crippen LogP contribution in [0, 0.1) is 11.8 Å². The zero-order valence-electron chi connectivity index (χ0n) is 8.69. The molecule has 4 rings (SSSR count). The van der Waals surface area contributed by atoms with Crippen LogP contribution in [0.4, 0.5) is 0 Å². The van der Waals surface area contributed by atoms with E-state index in [2.05, 4.69) is 0 Å². The van der Waals surface area contributed by atoms with Crippen molar-refractivity contribution in [3.8, 4) is 0 Å². The lowest BCUT2D eigenvalue weighted by molar-refractivity contribution is -0.181. The van der Waals surface area contributed by atoms with Crippen molar-refractivity contribution in [2.75, 3.05) is 0 Å². The maximum absolute atomic E-state index is 9.46. The van der Waals surface area contributed by atoms with Crippen LogP contribution in [0.25, 0.3) is 0 Å². The topological polar surface area (TPSA) is 29.5 Å². The quantitative estimate of drug-likeness (QED) is 0.696. The van der Waals surface area contributed by atoms with Gasteiger partial charge in [0, 0.05) is 0 Å². The van der Waals surface area contributed by atoms with E-state index < -0.39 is 0 Å². The molecule has 14 heavy (non-hydrogen) atoms. The summed E-state index contributed by atoms with van der Waals surface area (Å²) >= 11 is 0. The van der Waals surface area contributed by atoms with Crippen LogP contribution in [0.15, 0.2) is 0 Å². The largest absolute Gasteiger partial charge is 0.393 e. The van der Waals surface area contributed by atoms with Gasteiger partial charge in [0.15, 0.2) is 0 Å². The highest BCUT2D eigenvalue weighted by atomic mass is 16.5. The number of fused-ring (bicyclic) bond motifs is 2. The average Bonchev–Trinajstić information content (AvgIpc) is 2.18. The van der Waals surface area contributed by atoms with E-state index >= 15 is 0 Å². The molecule has 0 amide bonds. The third-order valence-corrected chi connectivity index (χ3v) is 4.45. The van der Waals surface area contributed by atoms with E-state index in [-0.39, 0.29) is 6.10 Å². The van der Waals surface area contributed by atoms with Crippen molar-refractivity contribution in [3.63, 3.8) is 0 Å². The molecule has 4 aliphatic rings. The smallest absolute Gasteiger partial charge is 0.0606 e. The molecule has 2 saturated heterocycles. The molecule has 2 aliphatic carbocycles. The van der Waals surface area contributed by atoms with E-state index in [1.165, 1.54) is 32.1 Å². The Morgan fingerprint density at radius 3 is 1.93 bits per heavy atom. The lowest BCUT2D eigenvalue weighted by Gasteiger charge is -2.48. The van der Waals surface area contributed by atoms with Crippen LogP contribution in [0.5, 0.6) is 0 Å². The highest BCUT2D eigenvalue weighted by Crippen LogP contribution is 2.45. The Morgan fingerprint density at radius 1 is 0.786 bits per heavy atom. The first-order valence-corrected chi connectivity index (χ1v) is 6.15. The third-order valence-electron chi connectivity index (χ3n) is 4.45. The molecule has 2 bridgehead atoms. The monoisotopic (exact) mass is 196 g/mol.